The Bertz CT molecular complexity index is 710. The zero-order valence-electron chi connectivity index (χ0n) is 10.0. The number of hydrogen-bond acceptors (Lipinski definition) is 5. The summed E-state index contributed by atoms with van der Waals surface area (Å²) in [4.78, 5) is 9.90. The third-order valence-corrected chi connectivity index (χ3v) is 4.07. The van der Waals surface area contributed by atoms with Gasteiger partial charge in [0.1, 0.15) is 5.03 Å². The zero-order valence-corrected chi connectivity index (χ0v) is 12.4. The van der Waals surface area contributed by atoms with E-state index in [0.29, 0.717) is 5.95 Å². The monoisotopic (exact) mass is 335 g/mol. The van der Waals surface area contributed by atoms with E-state index in [1.54, 1.807) is 25.0 Å². The second-order valence-corrected chi connectivity index (χ2v) is 5.77. The maximum atomic E-state index is 4.48. The molecule has 0 bridgehead atoms. The maximum Gasteiger partial charge on any atom is 0.225 e. The first-order valence-electron chi connectivity index (χ1n) is 5.58. The lowest BCUT2D eigenvalue weighted by Gasteiger charge is -2.05. The fourth-order valence-electron chi connectivity index (χ4n) is 1.61. The van der Waals surface area contributed by atoms with Crippen LogP contribution >= 0.6 is 27.7 Å². The normalized spacial score (nSPS) is 10.8. The quantitative estimate of drug-likeness (QED) is 0.719. The van der Waals surface area contributed by atoms with Crippen LogP contribution in [0.25, 0.3) is 11.0 Å². The fourth-order valence-corrected chi connectivity index (χ4v) is 2.76. The molecular formula is C12H10BrN5S. The first-order chi connectivity index (χ1) is 9.26. The molecule has 0 unspecified atom stereocenters. The van der Waals surface area contributed by atoms with Crippen molar-refractivity contribution in [1.82, 2.24) is 20.2 Å². The number of fused-ring (bicyclic) bond motifs is 1. The van der Waals surface area contributed by atoms with Crippen molar-refractivity contribution in [1.29, 1.82) is 0 Å². The van der Waals surface area contributed by atoms with Gasteiger partial charge in [-0.05, 0) is 24.3 Å². The minimum Gasteiger partial charge on any atom is -0.357 e. The van der Waals surface area contributed by atoms with E-state index in [0.717, 1.165) is 25.4 Å². The van der Waals surface area contributed by atoms with Gasteiger partial charge in [-0.2, -0.15) is 10.1 Å². The molecule has 1 aromatic carbocycles. The topological polar surface area (TPSA) is 66.5 Å². The van der Waals surface area contributed by atoms with Crippen molar-refractivity contribution >= 4 is 44.7 Å². The number of nitrogens with zero attached hydrogens (tertiary/aromatic N) is 3. The summed E-state index contributed by atoms with van der Waals surface area (Å²) in [6.07, 6.45) is 1.75. The highest BCUT2D eigenvalue weighted by Crippen LogP contribution is 2.32. The predicted molar refractivity (Wildman–Crippen MR) is 79.5 cm³/mol. The molecule has 0 atom stereocenters. The van der Waals surface area contributed by atoms with Gasteiger partial charge >= 0.3 is 0 Å². The Morgan fingerprint density at radius 2 is 2.00 bits per heavy atom. The van der Waals surface area contributed by atoms with Crippen LogP contribution in [0.4, 0.5) is 5.95 Å². The summed E-state index contributed by atoms with van der Waals surface area (Å²) in [5.74, 6) is 0.580. The lowest BCUT2D eigenvalue weighted by Crippen LogP contribution is -1.97. The Labute approximate surface area is 122 Å². The van der Waals surface area contributed by atoms with Gasteiger partial charge in [0.25, 0.3) is 0 Å². The summed E-state index contributed by atoms with van der Waals surface area (Å²) in [5, 5.41) is 11.6. The molecule has 3 aromatic rings. The van der Waals surface area contributed by atoms with E-state index >= 15 is 0 Å². The summed E-state index contributed by atoms with van der Waals surface area (Å²) >= 11 is 5.02. The van der Waals surface area contributed by atoms with Crippen molar-refractivity contribution in [2.45, 2.75) is 9.92 Å². The predicted octanol–water partition coefficient (Wildman–Crippen LogP) is 3.31. The van der Waals surface area contributed by atoms with E-state index < -0.39 is 0 Å². The lowest BCUT2D eigenvalue weighted by atomic mass is 10.4. The van der Waals surface area contributed by atoms with Crippen molar-refractivity contribution < 1.29 is 0 Å². The molecule has 0 saturated heterocycles. The van der Waals surface area contributed by atoms with Gasteiger partial charge < -0.3 is 5.32 Å². The van der Waals surface area contributed by atoms with Gasteiger partial charge in [0.2, 0.25) is 5.95 Å². The zero-order chi connectivity index (χ0) is 13.2. The minimum absolute atomic E-state index is 0.580. The van der Waals surface area contributed by atoms with Crippen LogP contribution in [0.15, 0.2) is 44.9 Å². The van der Waals surface area contributed by atoms with Gasteiger partial charge in [-0.15, -0.1) is 0 Å². The van der Waals surface area contributed by atoms with E-state index in [1.165, 1.54) is 0 Å². The molecule has 0 spiro atoms. The molecule has 0 fully saturated rings. The Hall–Kier alpha value is -1.60. The van der Waals surface area contributed by atoms with Crippen LogP contribution in [0.5, 0.6) is 0 Å². The van der Waals surface area contributed by atoms with Crippen LogP contribution in [0.2, 0.25) is 0 Å². The first kappa shape index (κ1) is 12.4. The third kappa shape index (κ3) is 2.57. The minimum atomic E-state index is 0.580. The van der Waals surface area contributed by atoms with Gasteiger partial charge in [-0.3, -0.25) is 5.10 Å². The second kappa shape index (κ2) is 5.18. The van der Waals surface area contributed by atoms with Gasteiger partial charge in [0, 0.05) is 16.4 Å². The standard InChI is InChI=1S/C12H10BrN5S/c1-14-12-16-10-9(6-15-18-10)11(17-12)19-8-4-2-7(13)3-5-8/h2-6H,1H3,(H2,14,15,16,17,18). The average Bonchev–Trinajstić information content (AvgIpc) is 2.89. The molecule has 19 heavy (non-hydrogen) atoms. The van der Waals surface area contributed by atoms with Gasteiger partial charge in [0.05, 0.1) is 11.6 Å². The molecule has 2 aromatic heterocycles. The van der Waals surface area contributed by atoms with E-state index in [1.807, 2.05) is 24.3 Å². The Morgan fingerprint density at radius 1 is 1.21 bits per heavy atom. The van der Waals surface area contributed by atoms with Crippen molar-refractivity contribution in [2.24, 2.45) is 0 Å². The molecule has 5 nitrogen and oxygen atoms in total. The van der Waals surface area contributed by atoms with Gasteiger partial charge in [0.15, 0.2) is 5.65 Å². The molecule has 0 amide bonds. The van der Waals surface area contributed by atoms with Crippen LogP contribution in [-0.2, 0) is 0 Å². The highest BCUT2D eigenvalue weighted by atomic mass is 79.9. The Kier molecular flexibility index (Phi) is 3.39. The van der Waals surface area contributed by atoms with E-state index in [4.69, 9.17) is 0 Å². The van der Waals surface area contributed by atoms with E-state index in [-0.39, 0.29) is 0 Å². The summed E-state index contributed by atoms with van der Waals surface area (Å²) < 4.78 is 1.06. The number of halogens is 1. The third-order valence-electron chi connectivity index (χ3n) is 2.53. The summed E-state index contributed by atoms with van der Waals surface area (Å²) in [6, 6.07) is 8.10. The first-order valence-corrected chi connectivity index (χ1v) is 7.19. The molecule has 0 aliphatic rings. The van der Waals surface area contributed by atoms with E-state index in [2.05, 4.69) is 41.4 Å². The Morgan fingerprint density at radius 3 is 2.74 bits per heavy atom. The molecule has 0 saturated carbocycles. The number of benzene rings is 1. The molecular weight excluding hydrogens is 326 g/mol. The van der Waals surface area contributed by atoms with Crippen molar-refractivity contribution in [3.8, 4) is 0 Å². The average molecular weight is 336 g/mol. The van der Waals surface area contributed by atoms with Crippen LogP contribution in [0.3, 0.4) is 0 Å². The molecule has 0 aliphatic heterocycles. The second-order valence-electron chi connectivity index (χ2n) is 3.79. The number of hydrogen-bond donors (Lipinski definition) is 2. The molecule has 7 heteroatoms. The van der Waals surface area contributed by atoms with Gasteiger partial charge in [-0.25, -0.2) is 4.98 Å². The lowest BCUT2D eigenvalue weighted by molar-refractivity contribution is 1.06. The van der Waals surface area contributed by atoms with Gasteiger partial charge in [-0.1, -0.05) is 27.7 Å². The number of H-pyrrole nitrogens is 1. The number of nitrogens with one attached hydrogen (secondary N) is 2. The van der Waals surface area contributed by atoms with Crippen LogP contribution in [-0.4, -0.2) is 27.2 Å². The molecule has 0 radical (unpaired) electrons. The van der Waals surface area contributed by atoms with E-state index in [9.17, 15) is 0 Å². The number of aromatic amines is 1. The smallest absolute Gasteiger partial charge is 0.225 e. The number of aromatic nitrogens is 4. The molecule has 96 valence electrons. The largest absolute Gasteiger partial charge is 0.357 e. The highest BCUT2D eigenvalue weighted by Gasteiger charge is 2.10. The number of rotatable bonds is 3. The maximum absolute atomic E-state index is 4.48. The van der Waals surface area contributed by atoms with Crippen LogP contribution in [0.1, 0.15) is 0 Å². The highest BCUT2D eigenvalue weighted by molar-refractivity contribution is 9.10. The Balaban J connectivity index is 2.03. The van der Waals surface area contributed by atoms with Crippen molar-refractivity contribution in [3.05, 3.63) is 34.9 Å². The SMILES string of the molecule is CNc1nc(Sc2ccc(Br)cc2)c2cn[nH]c2n1. The van der Waals surface area contributed by atoms with Crippen molar-refractivity contribution in [3.63, 3.8) is 0 Å². The molecule has 3 rings (SSSR count). The molecule has 0 aliphatic carbocycles. The fraction of sp³-hybridized carbons (Fsp3) is 0.0833. The van der Waals surface area contributed by atoms with Crippen LogP contribution < -0.4 is 5.32 Å². The summed E-state index contributed by atoms with van der Waals surface area (Å²) in [5.41, 5.74) is 0.735. The van der Waals surface area contributed by atoms with Crippen LogP contribution in [0, 0.1) is 0 Å². The molecule has 2 heterocycles. The van der Waals surface area contributed by atoms with Crippen molar-refractivity contribution in [2.75, 3.05) is 12.4 Å². The molecule has 2 N–H and O–H groups in total. The number of anilines is 1. The summed E-state index contributed by atoms with van der Waals surface area (Å²) in [6.45, 7) is 0. The summed E-state index contributed by atoms with van der Waals surface area (Å²) in [7, 11) is 1.80.